The average molecular weight is 355 g/mol. The van der Waals surface area contributed by atoms with Gasteiger partial charge in [-0.25, -0.2) is 0 Å². The van der Waals surface area contributed by atoms with Crippen LogP contribution in [0.2, 0.25) is 0 Å². The lowest BCUT2D eigenvalue weighted by molar-refractivity contribution is 0.0882. The summed E-state index contributed by atoms with van der Waals surface area (Å²) in [6, 6.07) is 10.8. The van der Waals surface area contributed by atoms with Crippen LogP contribution in [0.1, 0.15) is 32.7 Å². The summed E-state index contributed by atoms with van der Waals surface area (Å²) >= 11 is 0. The summed E-state index contributed by atoms with van der Waals surface area (Å²) in [6.07, 6.45) is 0.836. The maximum absolute atomic E-state index is 12.6. The third-order valence-corrected chi connectivity index (χ3v) is 5.43. The van der Waals surface area contributed by atoms with Crippen LogP contribution in [0.25, 0.3) is 0 Å². The number of hydrogen-bond donors (Lipinski definition) is 1. The third-order valence-electron chi connectivity index (χ3n) is 4.58. The van der Waals surface area contributed by atoms with Crippen molar-refractivity contribution < 1.29 is 22.6 Å². The van der Waals surface area contributed by atoms with Gasteiger partial charge < -0.3 is 0 Å². The zero-order valence-corrected chi connectivity index (χ0v) is 13.8. The number of Topliss-reactive ketones (excluding diaryl/α,β-unsaturated/α-hetero) is 2. The van der Waals surface area contributed by atoms with E-state index in [1.54, 1.807) is 24.3 Å². The minimum absolute atomic E-state index is 0.190. The van der Waals surface area contributed by atoms with Crippen LogP contribution < -0.4 is 0 Å². The Morgan fingerprint density at radius 1 is 0.960 bits per heavy atom. The highest BCUT2D eigenvalue weighted by atomic mass is 32.2. The van der Waals surface area contributed by atoms with Gasteiger partial charge in [0.1, 0.15) is 5.92 Å². The van der Waals surface area contributed by atoms with Crippen LogP contribution in [0, 0.1) is 5.92 Å². The predicted molar refractivity (Wildman–Crippen MR) is 90.3 cm³/mol. The summed E-state index contributed by atoms with van der Waals surface area (Å²) in [4.78, 5) is 29.4. The van der Waals surface area contributed by atoms with Gasteiger partial charge in [0.05, 0.1) is 10.6 Å². The lowest BCUT2D eigenvalue weighted by Crippen LogP contribution is -2.27. The number of aliphatic imine (C=N–C) groups is 1. The Kier molecular flexibility index (Phi) is 3.45. The molecule has 126 valence electrons. The predicted octanol–water partition coefficient (Wildman–Crippen LogP) is 2.65. The minimum atomic E-state index is -4.28. The molecule has 0 aromatic heterocycles. The molecule has 0 saturated carbocycles. The van der Waals surface area contributed by atoms with E-state index in [2.05, 4.69) is 4.99 Å². The SMILES string of the molecule is O=C1c2ccccc2C(=O)C1C1=Nc2ccc(S(=O)(=O)O)cc2CC1. The summed E-state index contributed by atoms with van der Waals surface area (Å²) in [5.41, 5.74) is 2.53. The van der Waals surface area contributed by atoms with E-state index in [1.165, 1.54) is 18.2 Å². The molecular weight excluding hydrogens is 342 g/mol. The van der Waals surface area contributed by atoms with Crippen molar-refractivity contribution in [3.05, 3.63) is 59.2 Å². The zero-order chi connectivity index (χ0) is 17.8. The largest absolute Gasteiger partial charge is 0.294 e. The van der Waals surface area contributed by atoms with Crippen molar-refractivity contribution in [2.24, 2.45) is 10.9 Å². The smallest absolute Gasteiger partial charge is 0.293 e. The number of carbonyl (C=O) groups excluding carboxylic acids is 2. The monoisotopic (exact) mass is 355 g/mol. The summed E-state index contributed by atoms with van der Waals surface area (Å²) in [5, 5.41) is 0. The fourth-order valence-corrected chi connectivity index (χ4v) is 3.89. The number of ketones is 2. The first-order chi connectivity index (χ1) is 11.9. The molecule has 0 amide bonds. The molecule has 1 heterocycles. The molecule has 2 aromatic carbocycles. The first-order valence-corrected chi connectivity index (χ1v) is 9.15. The van der Waals surface area contributed by atoms with Crippen LogP contribution in [0.4, 0.5) is 5.69 Å². The molecule has 1 aliphatic carbocycles. The molecule has 25 heavy (non-hydrogen) atoms. The second-order valence-corrected chi connectivity index (χ2v) is 7.50. The Balaban J connectivity index is 1.74. The van der Waals surface area contributed by atoms with Crippen LogP contribution in [0.5, 0.6) is 0 Å². The lowest BCUT2D eigenvalue weighted by atomic mass is 9.90. The highest BCUT2D eigenvalue weighted by Crippen LogP contribution is 2.34. The molecule has 0 atom stereocenters. The number of hydrogen-bond acceptors (Lipinski definition) is 5. The van der Waals surface area contributed by atoms with Gasteiger partial charge in [-0.3, -0.25) is 19.1 Å². The molecule has 2 aliphatic rings. The van der Waals surface area contributed by atoms with Crippen molar-refractivity contribution in [2.75, 3.05) is 0 Å². The second-order valence-electron chi connectivity index (χ2n) is 6.08. The third kappa shape index (κ3) is 2.52. The maximum Gasteiger partial charge on any atom is 0.294 e. The van der Waals surface area contributed by atoms with E-state index in [0.29, 0.717) is 40.9 Å². The number of carbonyl (C=O) groups is 2. The van der Waals surface area contributed by atoms with E-state index in [0.717, 1.165) is 0 Å². The van der Waals surface area contributed by atoms with E-state index >= 15 is 0 Å². The Bertz CT molecular complexity index is 1030. The molecule has 6 nitrogen and oxygen atoms in total. The normalized spacial score (nSPS) is 17.2. The van der Waals surface area contributed by atoms with Gasteiger partial charge in [-0.1, -0.05) is 24.3 Å². The van der Waals surface area contributed by atoms with Crippen LogP contribution >= 0.6 is 0 Å². The fraction of sp³-hybridized carbons (Fsp3) is 0.167. The number of nitrogens with zero attached hydrogens (tertiary/aromatic N) is 1. The fourth-order valence-electron chi connectivity index (χ4n) is 3.36. The van der Waals surface area contributed by atoms with Crippen LogP contribution in [0.3, 0.4) is 0 Å². The molecule has 1 aliphatic heterocycles. The molecule has 0 fully saturated rings. The summed E-state index contributed by atoms with van der Waals surface area (Å²) in [6.45, 7) is 0. The van der Waals surface area contributed by atoms with E-state index < -0.39 is 16.0 Å². The van der Waals surface area contributed by atoms with Crippen molar-refractivity contribution in [1.29, 1.82) is 0 Å². The highest BCUT2D eigenvalue weighted by Gasteiger charge is 2.41. The Hall–Kier alpha value is -2.64. The van der Waals surface area contributed by atoms with E-state index in [1.807, 2.05) is 0 Å². The van der Waals surface area contributed by atoms with Crippen LogP contribution in [-0.2, 0) is 16.5 Å². The van der Waals surface area contributed by atoms with E-state index in [9.17, 15) is 18.0 Å². The summed E-state index contributed by atoms with van der Waals surface area (Å²) in [5.74, 6) is -1.37. The zero-order valence-electron chi connectivity index (χ0n) is 13.0. The van der Waals surface area contributed by atoms with Gasteiger partial charge >= 0.3 is 0 Å². The minimum Gasteiger partial charge on any atom is -0.293 e. The van der Waals surface area contributed by atoms with Gasteiger partial charge in [0.15, 0.2) is 11.6 Å². The maximum atomic E-state index is 12.6. The molecule has 7 heteroatoms. The van der Waals surface area contributed by atoms with Crippen molar-refractivity contribution in [2.45, 2.75) is 17.7 Å². The molecular formula is C18H13NO5S. The van der Waals surface area contributed by atoms with Crippen molar-refractivity contribution in [3.63, 3.8) is 0 Å². The number of benzene rings is 2. The number of aryl methyl sites for hydroxylation is 1. The molecule has 0 bridgehead atoms. The Morgan fingerprint density at radius 2 is 1.60 bits per heavy atom. The Morgan fingerprint density at radius 3 is 2.20 bits per heavy atom. The first kappa shape index (κ1) is 15.9. The molecule has 1 N–H and O–H groups in total. The number of fused-ring (bicyclic) bond motifs is 2. The molecule has 0 spiro atoms. The first-order valence-electron chi connectivity index (χ1n) is 7.71. The van der Waals surface area contributed by atoms with E-state index in [4.69, 9.17) is 4.55 Å². The van der Waals surface area contributed by atoms with Crippen molar-refractivity contribution >= 4 is 33.1 Å². The molecule has 4 rings (SSSR count). The van der Waals surface area contributed by atoms with Gasteiger partial charge in [0.25, 0.3) is 10.1 Å². The van der Waals surface area contributed by atoms with Crippen molar-refractivity contribution in [1.82, 2.24) is 0 Å². The van der Waals surface area contributed by atoms with Gasteiger partial charge in [-0.2, -0.15) is 8.42 Å². The summed E-state index contributed by atoms with van der Waals surface area (Å²) < 4.78 is 31.6. The van der Waals surface area contributed by atoms with Crippen molar-refractivity contribution in [3.8, 4) is 0 Å². The average Bonchev–Trinajstić information content (AvgIpc) is 2.85. The molecule has 0 unspecified atom stereocenters. The van der Waals surface area contributed by atoms with E-state index in [-0.39, 0.29) is 16.5 Å². The van der Waals surface area contributed by atoms with Gasteiger partial charge in [0, 0.05) is 16.8 Å². The quantitative estimate of drug-likeness (QED) is 0.659. The summed E-state index contributed by atoms with van der Waals surface area (Å²) in [7, 11) is -4.28. The highest BCUT2D eigenvalue weighted by molar-refractivity contribution is 7.85. The lowest BCUT2D eigenvalue weighted by Gasteiger charge is -2.18. The topological polar surface area (TPSA) is 101 Å². The van der Waals surface area contributed by atoms with Crippen LogP contribution in [0.15, 0.2) is 52.4 Å². The van der Waals surface area contributed by atoms with Gasteiger partial charge in [-0.15, -0.1) is 0 Å². The molecule has 0 saturated heterocycles. The van der Waals surface area contributed by atoms with Crippen LogP contribution in [-0.4, -0.2) is 30.2 Å². The molecule has 0 radical (unpaired) electrons. The number of rotatable bonds is 2. The van der Waals surface area contributed by atoms with Gasteiger partial charge in [0.2, 0.25) is 0 Å². The van der Waals surface area contributed by atoms with Gasteiger partial charge in [-0.05, 0) is 36.6 Å². The standard InChI is InChI=1S/C18H13NO5S/c20-17-12-3-1-2-4-13(12)18(21)16(17)15-7-5-10-9-11(25(22,23)24)6-8-14(10)19-15/h1-4,6,8-9,16H,5,7H2,(H,22,23,24). The molecule has 2 aromatic rings. The second kappa shape index (κ2) is 5.44. The Labute approximate surface area is 144 Å².